The van der Waals surface area contributed by atoms with E-state index in [-0.39, 0.29) is 11.8 Å². The minimum absolute atomic E-state index is 0.0457. The van der Waals surface area contributed by atoms with Crippen LogP contribution in [0.4, 0.5) is 0 Å². The van der Waals surface area contributed by atoms with E-state index in [1.807, 2.05) is 18.2 Å². The molecule has 1 aromatic carbocycles. The van der Waals surface area contributed by atoms with Gasteiger partial charge < -0.3 is 9.84 Å². The van der Waals surface area contributed by atoms with Crippen molar-refractivity contribution in [2.45, 2.75) is 32.6 Å². The number of hydrogen-bond donors (Lipinski definition) is 1. The quantitative estimate of drug-likeness (QED) is 0.887. The lowest BCUT2D eigenvalue weighted by molar-refractivity contribution is -0.135. The van der Waals surface area contributed by atoms with Gasteiger partial charge in [0.15, 0.2) is 0 Å². The van der Waals surface area contributed by atoms with Crippen LogP contribution in [0.25, 0.3) is 5.57 Å². The Morgan fingerprint density at radius 3 is 2.44 bits per heavy atom. The predicted molar refractivity (Wildman–Crippen MR) is 73.0 cm³/mol. The van der Waals surface area contributed by atoms with Gasteiger partial charge in [0.2, 0.25) is 0 Å². The molecule has 0 heterocycles. The van der Waals surface area contributed by atoms with E-state index >= 15 is 0 Å². The zero-order valence-corrected chi connectivity index (χ0v) is 11.4. The van der Waals surface area contributed by atoms with Crippen LogP contribution in [0.2, 0.25) is 0 Å². The number of benzene rings is 1. The van der Waals surface area contributed by atoms with Crippen molar-refractivity contribution in [1.29, 1.82) is 0 Å². The van der Waals surface area contributed by atoms with Gasteiger partial charge in [-0.2, -0.15) is 0 Å². The molecule has 1 aromatic rings. The first-order valence-corrected chi connectivity index (χ1v) is 5.84. The van der Waals surface area contributed by atoms with Gasteiger partial charge in [0, 0.05) is 5.56 Å². The fraction of sp³-hybridized carbons (Fsp3) is 0.400. The van der Waals surface area contributed by atoms with E-state index in [4.69, 9.17) is 9.84 Å². The summed E-state index contributed by atoms with van der Waals surface area (Å²) >= 11 is 0. The molecule has 0 unspecified atom stereocenters. The minimum atomic E-state index is -0.867. The first kappa shape index (κ1) is 14.3. The summed E-state index contributed by atoms with van der Waals surface area (Å²) < 4.78 is 5.34. The highest BCUT2D eigenvalue weighted by Gasteiger charge is 2.20. The lowest BCUT2D eigenvalue weighted by atomic mass is 9.84. The Kier molecular flexibility index (Phi) is 4.17. The van der Waals surface area contributed by atoms with E-state index in [0.717, 1.165) is 16.9 Å². The van der Waals surface area contributed by atoms with E-state index in [1.54, 1.807) is 7.11 Å². The summed E-state index contributed by atoms with van der Waals surface area (Å²) in [6.45, 7) is 10.1. The lowest BCUT2D eigenvalue weighted by Crippen LogP contribution is -2.13. The Hall–Kier alpha value is -1.77. The summed E-state index contributed by atoms with van der Waals surface area (Å²) in [4.78, 5) is 10.7. The van der Waals surface area contributed by atoms with Gasteiger partial charge in [-0.15, -0.1) is 0 Å². The topological polar surface area (TPSA) is 46.5 Å². The second kappa shape index (κ2) is 5.25. The lowest BCUT2D eigenvalue weighted by Gasteiger charge is -2.23. The molecule has 98 valence electrons. The average molecular weight is 248 g/mol. The van der Waals surface area contributed by atoms with Gasteiger partial charge in [-0.3, -0.25) is 4.79 Å². The molecule has 0 atom stereocenters. The largest absolute Gasteiger partial charge is 0.496 e. The summed E-state index contributed by atoms with van der Waals surface area (Å²) in [6.07, 6.45) is -0.0457. The van der Waals surface area contributed by atoms with E-state index in [0.29, 0.717) is 5.57 Å². The predicted octanol–water partition coefficient (Wildman–Crippen LogP) is 3.48. The molecule has 0 saturated heterocycles. The first-order chi connectivity index (χ1) is 8.25. The number of methoxy groups -OCH3 is 1. The van der Waals surface area contributed by atoms with Gasteiger partial charge in [0.1, 0.15) is 5.75 Å². The molecular formula is C15H20O3. The zero-order valence-electron chi connectivity index (χ0n) is 11.4. The van der Waals surface area contributed by atoms with Crippen LogP contribution in [0.5, 0.6) is 5.75 Å². The zero-order chi connectivity index (χ0) is 13.9. The molecule has 0 aliphatic heterocycles. The maximum Gasteiger partial charge on any atom is 0.307 e. The Labute approximate surface area is 108 Å². The van der Waals surface area contributed by atoms with Crippen LogP contribution in [0.1, 0.15) is 38.3 Å². The van der Waals surface area contributed by atoms with Crippen molar-refractivity contribution < 1.29 is 14.6 Å². The number of aliphatic carboxylic acids is 1. The molecule has 0 aromatic heterocycles. The van der Waals surface area contributed by atoms with Gasteiger partial charge in [0.05, 0.1) is 13.5 Å². The molecule has 3 nitrogen and oxygen atoms in total. The minimum Gasteiger partial charge on any atom is -0.496 e. The summed E-state index contributed by atoms with van der Waals surface area (Å²) in [5.74, 6) is -0.0532. The van der Waals surface area contributed by atoms with Crippen molar-refractivity contribution in [2.75, 3.05) is 7.11 Å². The normalized spacial score (nSPS) is 11.1. The average Bonchev–Trinajstić information content (AvgIpc) is 2.26. The number of carboxylic acids is 1. The Morgan fingerprint density at radius 2 is 2.00 bits per heavy atom. The standard InChI is InChI=1S/C15H20O3/c1-10(8-14(16)17)11-6-7-13(18-5)12(9-11)15(2,3)4/h6-7,9H,1,8H2,2-5H3,(H,16,17). The molecule has 0 bridgehead atoms. The molecule has 3 heteroatoms. The number of carbonyl (C=O) groups is 1. The first-order valence-electron chi connectivity index (χ1n) is 5.84. The highest BCUT2D eigenvalue weighted by Crippen LogP contribution is 2.33. The molecule has 1 N–H and O–H groups in total. The highest BCUT2D eigenvalue weighted by molar-refractivity contribution is 5.83. The molecule has 0 saturated carbocycles. The van der Waals surface area contributed by atoms with Crippen molar-refractivity contribution in [1.82, 2.24) is 0 Å². The monoisotopic (exact) mass is 248 g/mol. The molecule has 0 aliphatic rings. The van der Waals surface area contributed by atoms with E-state index < -0.39 is 5.97 Å². The molecule has 0 amide bonds. The second-order valence-electron chi connectivity index (χ2n) is 5.34. The van der Waals surface area contributed by atoms with Crippen molar-refractivity contribution in [3.8, 4) is 5.75 Å². The molecule has 0 aliphatic carbocycles. The third-order valence-corrected chi connectivity index (χ3v) is 2.78. The van der Waals surface area contributed by atoms with Crippen LogP contribution < -0.4 is 4.74 Å². The van der Waals surface area contributed by atoms with Crippen molar-refractivity contribution in [3.63, 3.8) is 0 Å². The molecule has 0 spiro atoms. The smallest absolute Gasteiger partial charge is 0.307 e. The van der Waals surface area contributed by atoms with Crippen LogP contribution >= 0.6 is 0 Å². The maximum atomic E-state index is 10.7. The molecular weight excluding hydrogens is 228 g/mol. The van der Waals surface area contributed by atoms with Crippen LogP contribution in [0.15, 0.2) is 24.8 Å². The van der Waals surface area contributed by atoms with Crippen molar-refractivity contribution in [2.24, 2.45) is 0 Å². The highest BCUT2D eigenvalue weighted by atomic mass is 16.5. The maximum absolute atomic E-state index is 10.7. The van der Waals surface area contributed by atoms with E-state index in [2.05, 4.69) is 27.4 Å². The molecule has 18 heavy (non-hydrogen) atoms. The molecule has 0 fully saturated rings. The van der Waals surface area contributed by atoms with E-state index in [9.17, 15) is 4.79 Å². The second-order valence-corrected chi connectivity index (χ2v) is 5.34. The Balaban J connectivity index is 3.19. The van der Waals surface area contributed by atoms with E-state index in [1.165, 1.54) is 0 Å². The van der Waals surface area contributed by atoms with Crippen molar-refractivity contribution >= 4 is 11.5 Å². The van der Waals surface area contributed by atoms with Gasteiger partial charge in [-0.1, -0.05) is 33.4 Å². The van der Waals surface area contributed by atoms with Gasteiger partial charge in [-0.25, -0.2) is 0 Å². The fourth-order valence-electron chi connectivity index (χ4n) is 1.80. The van der Waals surface area contributed by atoms with Crippen LogP contribution in [0, 0.1) is 0 Å². The number of carboxylic acid groups (broad SMARTS) is 1. The third kappa shape index (κ3) is 3.36. The number of hydrogen-bond acceptors (Lipinski definition) is 2. The van der Waals surface area contributed by atoms with Gasteiger partial charge in [-0.05, 0) is 28.7 Å². The number of ether oxygens (including phenoxy) is 1. The fourth-order valence-corrected chi connectivity index (χ4v) is 1.80. The summed E-state index contributed by atoms with van der Waals surface area (Å²) in [6, 6.07) is 5.67. The van der Waals surface area contributed by atoms with Crippen LogP contribution in [0.3, 0.4) is 0 Å². The Bertz CT molecular complexity index is 467. The summed E-state index contributed by atoms with van der Waals surface area (Å²) in [5.41, 5.74) is 2.44. The Morgan fingerprint density at radius 1 is 1.39 bits per heavy atom. The van der Waals surface area contributed by atoms with Gasteiger partial charge >= 0.3 is 5.97 Å². The SMILES string of the molecule is C=C(CC(=O)O)c1ccc(OC)c(C(C)(C)C)c1. The number of rotatable bonds is 4. The van der Waals surface area contributed by atoms with Crippen LogP contribution in [-0.4, -0.2) is 18.2 Å². The summed E-state index contributed by atoms with van der Waals surface area (Å²) in [7, 11) is 1.64. The van der Waals surface area contributed by atoms with Crippen LogP contribution in [-0.2, 0) is 10.2 Å². The van der Waals surface area contributed by atoms with Crippen molar-refractivity contribution in [3.05, 3.63) is 35.9 Å². The van der Waals surface area contributed by atoms with Gasteiger partial charge in [0.25, 0.3) is 0 Å². The molecule has 0 radical (unpaired) electrons. The summed E-state index contributed by atoms with van der Waals surface area (Å²) in [5, 5.41) is 8.79. The third-order valence-electron chi connectivity index (χ3n) is 2.78. The molecule has 1 rings (SSSR count).